The van der Waals surface area contributed by atoms with E-state index in [2.05, 4.69) is 43.0 Å². The van der Waals surface area contributed by atoms with Crippen molar-refractivity contribution in [3.05, 3.63) is 0 Å². The van der Waals surface area contributed by atoms with Gasteiger partial charge in [0.15, 0.2) is 5.96 Å². The molecule has 3 N–H and O–H groups in total. The van der Waals surface area contributed by atoms with Gasteiger partial charge >= 0.3 is 0 Å². The Morgan fingerprint density at radius 2 is 2.00 bits per heavy atom. The van der Waals surface area contributed by atoms with Gasteiger partial charge in [-0.25, -0.2) is 4.99 Å². The number of likely N-dealkylation sites (N-methyl/N-ethyl adjacent to an activating group) is 1. The van der Waals surface area contributed by atoms with Crippen LogP contribution in [-0.4, -0.2) is 42.6 Å². The lowest BCUT2D eigenvalue weighted by Gasteiger charge is -2.34. The van der Waals surface area contributed by atoms with Gasteiger partial charge in [0.25, 0.3) is 0 Å². The number of nitrogens with two attached hydrogens (primary N) is 1. The molecule has 1 rings (SSSR count). The van der Waals surface area contributed by atoms with Gasteiger partial charge in [0.1, 0.15) is 0 Å². The second-order valence-corrected chi connectivity index (χ2v) is 4.76. The van der Waals surface area contributed by atoms with Gasteiger partial charge in [-0.2, -0.15) is 0 Å². The van der Waals surface area contributed by atoms with Crippen LogP contribution in [0.4, 0.5) is 0 Å². The second kappa shape index (κ2) is 3.54. The average Bonchev–Trinajstić information content (AvgIpc) is 1.79. The van der Waals surface area contributed by atoms with Crippen LogP contribution in [0.3, 0.4) is 0 Å². The summed E-state index contributed by atoms with van der Waals surface area (Å²) in [4.78, 5) is 6.58. The highest BCUT2D eigenvalue weighted by atomic mass is 15.2. The predicted molar refractivity (Wildman–Crippen MR) is 55.8 cm³/mol. The van der Waals surface area contributed by atoms with Crippen LogP contribution in [0.15, 0.2) is 4.99 Å². The molecule has 1 aliphatic heterocycles. The van der Waals surface area contributed by atoms with Crippen molar-refractivity contribution in [2.45, 2.75) is 32.4 Å². The Kier molecular flexibility index (Phi) is 2.81. The van der Waals surface area contributed by atoms with Gasteiger partial charge in [-0.15, -0.1) is 0 Å². The van der Waals surface area contributed by atoms with E-state index < -0.39 is 0 Å². The van der Waals surface area contributed by atoms with E-state index in [1.54, 1.807) is 0 Å². The molecule has 13 heavy (non-hydrogen) atoms. The molecule has 0 aliphatic carbocycles. The molecular weight excluding hydrogens is 164 g/mol. The number of guanidine groups is 1. The van der Waals surface area contributed by atoms with Crippen LogP contribution in [0.25, 0.3) is 0 Å². The summed E-state index contributed by atoms with van der Waals surface area (Å²) in [5.74, 6) is 0.561. The van der Waals surface area contributed by atoms with Crippen molar-refractivity contribution >= 4 is 5.96 Å². The maximum Gasteiger partial charge on any atom is 0.189 e. The van der Waals surface area contributed by atoms with Crippen LogP contribution in [0.1, 0.15) is 20.8 Å². The van der Waals surface area contributed by atoms with Crippen molar-refractivity contribution in [3.8, 4) is 0 Å². The molecule has 4 nitrogen and oxygen atoms in total. The minimum atomic E-state index is 0.00321. The van der Waals surface area contributed by atoms with Crippen molar-refractivity contribution < 1.29 is 0 Å². The topological polar surface area (TPSA) is 53.6 Å². The number of hydrogen-bond donors (Lipinski definition) is 2. The van der Waals surface area contributed by atoms with Gasteiger partial charge < -0.3 is 16.0 Å². The number of rotatable bonds is 1. The van der Waals surface area contributed by atoms with E-state index >= 15 is 0 Å². The Hall–Kier alpha value is -0.770. The highest BCUT2D eigenvalue weighted by Gasteiger charge is 2.23. The third-order valence-electron chi connectivity index (χ3n) is 1.87. The highest BCUT2D eigenvalue weighted by molar-refractivity contribution is 5.78. The van der Waals surface area contributed by atoms with Crippen LogP contribution in [0, 0.1) is 0 Å². The molecule has 0 atom stereocenters. The van der Waals surface area contributed by atoms with Crippen molar-refractivity contribution in [1.82, 2.24) is 10.2 Å². The molecule has 0 aromatic heterocycles. The Balaban J connectivity index is 2.35. The number of hydrogen-bond acceptors (Lipinski definition) is 2. The first-order valence-corrected chi connectivity index (χ1v) is 4.67. The van der Waals surface area contributed by atoms with Crippen molar-refractivity contribution in [1.29, 1.82) is 0 Å². The first-order valence-electron chi connectivity index (χ1n) is 4.67. The lowest BCUT2D eigenvalue weighted by molar-refractivity contribution is 0.193. The van der Waals surface area contributed by atoms with Crippen molar-refractivity contribution in [2.24, 2.45) is 10.7 Å². The van der Waals surface area contributed by atoms with Gasteiger partial charge in [-0.05, 0) is 27.8 Å². The molecule has 76 valence electrons. The molecule has 1 heterocycles. The summed E-state index contributed by atoms with van der Waals surface area (Å²) in [5, 5.41) is 3.14. The molecule has 0 aromatic carbocycles. The summed E-state index contributed by atoms with van der Waals surface area (Å²) < 4.78 is 0. The molecule has 0 saturated carbocycles. The van der Waals surface area contributed by atoms with Gasteiger partial charge in [0.05, 0.1) is 6.04 Å². The number of aliphatic imine (C=N–C) groups is 1. The zero-order chi connectivity index (χ0) is 10.1. The third kappa shape index (κ3) is 3.63. The average molecular weight is 184 g/mol. The van der Waals surface area contributed by atoms with Gasteiger partial charge in [0.2, 0.25) is 0 Å². The SMILES string of the molecule is CN1CC(N=C(N)NC(C)(C)C)C1. The lowest BCUT2D eigenvalue weighted by atomic mass is 10.1. The molecule has 4 heteroatoms. The predicted octanol–water partition coefficient (Wildman–Crippen LogP) is 0.00320. The molecule has 0 radical (unpaired) electrons. The molecule has 0 spiro atoms. The third-order valence-corrected chi connectivity index (χ3v) is 1.87. The van der Waals surface area contributed by atoms with E-state index in [0.29, 0.717) is 12.0 Å². The molecule has 0 aromatic rings. The standard InChI is InChI=1S/C9H20N4/c1-9(2,3)12-8(10)11-7-5-13(4)6-7/h7H,5-6H2,1-4H3,(H3,10,11,12). The molecule has 0 amide bonds. The summed E-state index contributed by atoms with van der Waals surface area (Å²) in [6, 6.07) is 0.389. The maximum atomic E-state index is 5.74. The first-order chi connectivity index (χ1) is 5.87. The van der Waals surface area contributed by atoms with Gasteiger partial charge in [-0.1, -0.05) is 0 Å². The zero-order valence-electron chi connectivity index (χ0n) is 8.96. The Morgan fingerprint density at radius 1 is 1.46 bits per heavy atom. The summed E-state index contributed by atoms with van der Waals surface area (Å²) in [5.41, 5.74) is 5.74. The summed E-state index contributed by atoms with van der Waals surface area (Å²) in [6.07, 6.45) is 0. The van der Waals surface area contributed by atoms with Crippen molar-refractivity contribution in [2.75, 3.05) is 20.1 Å². The number of nitrogens with zero attached hydrogens (tertiary/aromatic N) is 2. The lowest BCUT2D eigenvalue weighted by Crippen LogP contribution is -2.51. The van der Waals surface area contributed by atoms with E-state index in [-0.39, 0.29) is 5.54 Å². The van der Waals surface area contributed by atoms with Crippen LogP contribution in [-0.2, 0) is 0 Å². The summed E-state index contributed by atoms with van der Waals surface area (Å²) in [7, 11) is 2.08. The van der Waals surface area contributed by atoms with E-state index in [0.717, 1.165) is 13.1 Å². The molecule has 1 saturated heterocycles. The molecule has 0 unspecified atom stereocenters. The normalized spacial score (nSPS) is 21.4. The van der Waals surface area contributed by atoms with Crippen LogP contribution in [0.5, 0.6) is 0 Å². The Morgan fingerprint density at radius 3 is 2.38 bits per heavy atom. The van der Waals surface area contributed by atoms with E-state index in [4.69, 9.17) is 5.73 Å². The molecule has 0 bridgehead atoms. The fraction of sp³-hybridized carbons (Fsp3) is 0.889. The molecule has 1 aliphatic rings. The number of nitrogens with one attached hydrogen (secondary N) is 1. The van der Waals surface area contributed by atoms with Gasteiger partial charge in [0, 0.05) is 18.6 Å². The minimum absolute atomic E-state index is 0.00321. The maximum absolute atomic E-state index is 5.74. The second-order valence-electron chi connectivity index (χ2n) is 4.76. The smallest absolute Gasteiger partial charge is 0.189 e. The van der Waals surface area contributed by atoms with Crippen molar-refractivity contribution in [3.63, 3.8) is 0 Å². The van der Waals surface area contributed by atoms with Crippen LogP contribution in [0.2, 0.25) is 0 Å². The van der Waals surface area contributed by atoms with E-state index in [9.17, 15) is 0 Å². The van der Waals surface area contributed by atoms with Crippen LogP contribution < -0.4 is 11.1 Å². The highest BCUT2D eigenvalue weighted by Crippen LogP contribution is 2.07. The fourth-order valence-corrected chi connectivity index (χ4v) is 1.36. The largest absolute Gasteiger partial charge is 0.370 e. The van der Waals surface area contributed by atoms with Crippen LogP contribution >= 0.6 is 0 Å². The monoisotopic (exact) mass is 184 g/mol. The fourth-order valence-electron chi connectivity index (χ4n) is 1.36. The zero-order valence-corrected chi connectivity index (χ0v) is 8.96. The van der Waals surface area contributed by atoms with E-state index in [1.165, 1.54) is 0 Å². The summed E-state index contributed by atoms with van der Waals surface area (Å²) in [6.45, 7) is 8.26. The van der Waals surface area contributed by atoms with E-state index in [1.807, 2.05) is 0 Å². The van der Waals surface area contributed by atoms with Gasteiger partial charge in [-0.3, -0.25) is 0 Å². The Labute approximate surface area is 80.2 Å². The summed E-state index contributed by atoms with van der Waals surface area (Å²) >= 11 is 0. The quantitative estimate of drug-likeness (QED) is 0.445. The first kappa shape index (κ1) is 10.3. The number of likely N-dealkylation sites (tertiary alicyclic amines) is 1. The minimum Gasteiger partial charge on any atom is -0.370 e. The molecular formula is C9H20N4. The molecule has 1 fully saturated rings. The Bertz CT molecular complexity index is 198.